The molecule has 0 spiro atoms. The highest BCUT2D eigenvalue weighted by molar-refractivity contribution is 5.74. The van der Waals surface area contributed by atoms with Crippen LogP contribution in [-0.4, -0.2) is 25.2 Å². The molecule has 0 bridgehead atoms. The van der Waals surface area contributed by atoms with E-state index in [1.54, 1.807) is 0 Å². The smallest absolute Gasteiger partial charge is 0.315 e. The summed E-state index contributed by atoms with van der Waals surface area (Å²) in [5.41, 5.74) is 0. The van der Waals surface area contributed by atoms with Gasteiger partial charge in [-0.3, -0.25) is 0 Å². The van der Waals surface area contributed by atoms with E-state index in [9.17, 15) is 4.79 Å². The zero-order valence-electron chi connectivity index (χ0n) is 10.5. The molecular formula is C14H20N2O2. The molecule has 0 aromatic heterocycles. The quantitative estimate of drug-likeness (QED) is 0.759. The van der Waals surface area contributed by atoms with E-state index in [-0.39, 0.29) is 6.03 Å². The Hall–Kier alpha value is -1.71. The molecule has 0 saturated heterocycles. The highest BCUT2D eigenvalue weighted by Crippen LogP contribution is 2.17. The van der Waals surface area contributed by atoms with E-state index in [0.29, 0.717) is 19.2 Å². The van der Waals surface area contributed by atoms with Gasteiger partial charge in [0.25, 0.3) is 0 Å². The van der Waals surface area contributed by atoms with Crippen molar-refractivity contribution in [3.8, 4) is 5.75 Å². The molecule has 1 aliphatic carbocycles. The standard InChI is InChI=1S/C14H20N2O2/c17-14(16-12-6-4-7-12)15-10-5-11-18-13-8-2-1-3-9-13/h1-3,8-9,12H,4-7,10-11H2,(H2,15,16,17). The Morgan fingerprint density at radius 2 is 2.06 bits per heavy atom. The molecule has 0 unspecified atom stereocenters. The fourth-order valence-electron chi connectivity index (χ4n) is 1.77. The van der Waals surface area contributed by atoms with Crippen molar-refractivity contribution in [3.63, 3.8) is 0 Å². The number of rotatable bonds is 6. The van der Waals surface area contributed by atoms with Crippen LogP contribution in [0.1, 0.15) is 25.7 Å². The molecule has 0 aliphatic heterocycles. The lowest BCUT2D eigenvalue weighted by molar-refractivity contribution is 0.227. The van der Waals surface area contributed by atoms with Gasteiger partial charge in [0.05, 0.1) is 6.61 Å². The summed E-state index contributed by atoms with van der Waals surface area (Å²) in [6, 6.07) is 10.0. The minimum absolute atomic E-state index is 0.0561. The summed E-state index contributed by atoms with van der Waals surface area (Å²) in [4.78, 5) is 11.4. The zero-order valence-corrected chi connectivity index (χ0v) is 10.5. The largest absolute Gasteiger partial charge is 0.494 e. The number of para-hydroxylation sites is 1. The summed E-state index contributed by atoms with van der Waals surface area (Å²) in [6.45, 7) is 1.26. The van der Waals surface area contributed by atoms with Gasteiger partial charge in [-0.05, 0) is 37.8 Å². The number of ether oxygens (including phenoxy) is 1. The molecule has 0 heterocycles. The lowest BCUT2D eigenvalue weighted by atomic mass is 9.93. The number of nitrogens with one attached hydrogen (secondary N) is 2. The SMILES string of the molecule is O=C(NCCCOc1ccccc1)NC1CCC1. The second-order valence-electron chi connectivity index (χ2n) is 4.54. The second kappa shape index (κ2) is 6.89. The summed E-state index contributed by atoms with van der Waals surface area (Å²) in [5, 5.41) is 5.77. The maximum absolute atomic E-state index is 11.4. The first-order valence-electron chi connectivity index (χ1n) is 6.57. The Kier molecular flexibility index (Phi) is 4.88. The van der Waals surface area contributed by atoms with Gasteiger partial charge < -0.3 is 15.4 Å². The van der Waals surface area contributed by atoms with Crippen molar-refractivity contribution in [1.82, 2.24) is 10.6 Å². The third-order valence-electron chi connectivity index (χ3n) is 3.06. The Morgan fingerprint density at radius 1 is 1.28 bits per heavy atom. The fraction of sp³-hybridized carbons (Fsp3) is 0.500. The third-order valence-corrected chi connectivity index (χ3v) is 3.06. The van der Waals surface area contributed by atoms with Gasteiger partial charge in [-0.15, -0.1) is 0 Å². The molecule has 0 radical (unpaired) electrons. The lowest BCUT2D eigenvalue weighted by Crippen LogP contribution is -2.45. The highest BCUT2D eigenvalue weighted by Gasteiger charge is 2.18. The van der Waals surface area contributed by atoms with E-state index < -0.39 is 0 Å². The van der Waals surface area contributed by atoms with Gasteiger partial charge in [-0.25, -0.2) is 4.79 Å². The van der Waals surface area contributed by atoms with E-state index in [4.69, 9.17) is 4.74 Å². The van der Waals surface area contributed by atoms with Crippen LogP contribution in [0.25, 0.3) is 0 Å². The maximum atomic E-state index is 11.4. The van der Waals surface area contributed by atoms with Crippen LogP contribution in [0.5, 0.6) is 5.75 Å². The summed E-state index contributed by atoms with van der Waals surface area (Å²) in [5.74, 6) is 0.872. The summed E-state index contributed by atoms with van der Waals surface area (Å²) >= 11 is 0. The topological polar surface area (TPSA) is 50.4 Å². The van der Waals surface area contributed by atoms with E-state index in [1.807, 2.05) is 30.3 Å². The van der Waals surface area contributed by atoms with Crippen molar-refractivity contribution >= 4 is 6.03 Å². The predicted octanol–water partition coefficient (Wildman–Crippen LogP) is 2.31. The van der Waals surface area contributed by atoms with Crippen molar-refractivity contribution in [2.45, 2.75) is 31.7 Å². The van der Waals surface area contributed by atoms with E-state index in [2.05, 4.69) is 10.6 Å². The molecule has 1 aromatic carbocycles. The zero-order chi connectivity index (χ0) is 12.6. The number of carbonyl (C=O) groups excluding carboxylic acids is 1. The van der Waals surface area contributed by atoms with Gasteiger partial charge >= 0.3 is 6.03 Å². The first-order chi connectivity index (χ1) is 8.84. The number of amides is 2. The van der Waals surface area contributed by atoms with E-state index in [1.165, 1.54) is 6.42 Å². The van der Waals surface area contributed by atoms with Crippen molar-refractivity contribution in [3.05, 3.63) is 30.3 Å². The molecule has 1 fully saturated rings. The Balaban J connectivity index is 1.49. The fourth-order valence-corrected chi connectivity index (χ4v) is 1.77. The monoisotopic (exact) mass is 248 g/mol. The van der Waals surface area contributed by atoms with Gasteiger partial charge in [-0.2, -0.15) is 0 Å². The molecule has 2 amide bonds. The van der Waals surface area contributed by atoms with Crippen LogP contribution in [0.2, 0.25) is 0 Å². The molecule has 2 rings (SSSR count). The van der Waals surface area contributed by atoms with Crippen LogP contribution in [0, 0.1) is 0 Å². The minimum atomic E-state index is -0.0561. The lowest BCUT2D eigenvalue weighted by Gasteiger charge is -2.26. The number of urea groups is 1. The van der Waals surface area contributed by atoms with Gasteiger partial charge in [0.2, 0.25) is 0 Å². The van der Waals surface area contributed by atoms with Gasteiger partial charge in [0.15, 0.2) is 0 Å². The molecule has 18 heavy (non-hydrogen) atoms. The van der Waals surface area contributed by atoms with Crippen LogP contribution in [-0.2, 0) is 0 Å². The van der Waals surface area contributed by atoms with Crippen molar-refractivity contribution in [2.75, 3.05) is 13.2 Å². The summed E-state index contributed by atoms with van der Waals surface area (Å²) in [6.07, 6.45) is 4.28. The first-order valence-corrected chi connectivity index (χ1v) is 6.57. The van der Waals surface area contributed by atoms with Crippen molar-refractivity contribution in [1.29, 1.82) is 0 Å². The summed E-state index contributed by atoms with van der Waals surface area (Å²) in [7, 11) is 0. The molecule has 1 aliphatic rings. The average Bonchev–Trinajstić information content (AvgIpc) is 2.35. The van der Waals surface area contributed by atoms with Crippen LogP contribution in [0.15, 0.2) is 30.3 Å². The number of carbonyl (C=O) groups is 1. The van der Waals surface area contributed by atoms with Crippen LogP contribution >= 0.6 is 0 Å². The average molecular weight is 248 g/mol. The van der Waals surface area contributed by atoms with Crippen molar-refractivity contribution < 1.29 is 9.53 Å². The minimum Gasteiger partial charge on any atom is -0.494 e. The number of benzene rings is 1. The second-order valence-corrected chi connectivity index (χ2v) is 4.54. The molecule has 2 N–H and O–H groups in total. The third kappa shape index (κ3) is 4.28. The van der Waals surface area contributed by atoms with E-state index in [0.717, 1.165) is 25.0 Å². The van der Waals surface area contributed by atoms with Gasteiger partial charge in [-0.1, -0.05) is 18.2 Å². The molecule has 4 nitrogen and oxygen atoms in total. The first kappa shape index (κ1) is 12.7. The molecule has 0 atom stereocenters. The molecule has 4 heteroatoms. The molecule has 98 valence electrons. The normalized spacial score (nSPS) is 14.7. The number of hydrogen-bond acceptors (Lipinski definition) is 2. The highest BCUT2D eigenvalue weighted by atomic mass is 16.5. The number of hydrogen-bond donors (Lipinski definition) is 2. The Morgan fingerprint density at radius 3 is 2.72 bits per heavy atom. The van der Waals surface area contributed by atoms with Crippen LogP contribution in [0.3, 0.4) is 0 Å². The van der Waals surface area contributed by atoms with E-state index >= 15 is 0 Å². The maximum Gasteiger partial charge on any atom is 0.315 e. The Labute approximate surface area is 108 Å². The van der Waals surface area contributed by atoms with Crippen LogP contribution in [0.4, 0.5) is 4.79 Å². The van der Waals surface area contributed by atoms with Gasteiger partial charge in [0.1, 0.15) is 5.75 Å². The van der Waals surface area contributed by atoms with Crippen LogP contribution < -0.4 is 15.4 Å². The molecule has 1 aromatic rings. The Bertz CT molecular complexity index is 363. The van der Waals surface area contributed by atoms with Crippen molar-refractivity contribution in [2.24, 2.45) is 0 Å². The van der Waals surface area contributed by atoms with Gasteiger partial charge in [0, 0.05) is 12.6 Å². The molecule has 1 saturated carbocycles. The molecular weight excluding hydrogens is 228 g/mol. The predicted molar refractivity (Wildman–Crippen MR) is 70.7 cm³/mol. The summed E-state index contributed by atoms with van der Waals surface area (Å²) < 4.78 is 5.53.